The van der Waals surface area contributed by atoms with E-state index >= 15 is 0 Å². The van der Waals surface area contributed by atoms with E-state index in [4.69, 9.17) is 9.84 Å². The summed E-state index contributed by atoms with van der Waals surface area (Å²) in [5.41, 5.74) is -0.890. The molecule has 1 saturated heterocycles. The number of benzene rings is 1. The Balaban J connectivity index is 2.36. The van der Waals surface area contributed by atoms with Gasteiger partial charge in [-0.15, -0.1) is 0 Å². The molecule has 0 bridgehead atoms. The number of hydrogen-bond donors (Lipinski definition) is 4. The van der Waals surface area contributed by atoms with Gasteiger partial charge in [-0.1, -0.05) is 17.7 Å². The van der Waals surface area contributed by atoms with Crippen LogP contribution >= 0.6 is 0 Å². The molecule has 0 aliphatic carbocycles. The third-order valence-electron chi connectivity index (χ3n) is 3.50. The highest BCUT2D eigenvalue weighted by Crippen LogP contribution is 2.28. The van der Waals surface area contributed by atoms with Gasteiger partial charge in [0, 0.05) is 0 Å². The van der Waals surface area contributed by atoms with Gasteiger partial charge in [0.2, 0.25) is 9.84 Å². The van der Waals surface area contributed by atoms with E-state index in [-0.39, 0.29) is 4.90 Å². The molecule has 0 saturated carbocycles. The van der Waals surface area contributed by atoms with Crippen LogP contribution < -0.4 is 0 Å². The first-order valence-electron chi connectivity index (χ1n) is 6.40. The summed E-state index contributed by atoms with van der Waals surface area (Å²) in [5.74, 6) is 0. The summed E-state index contributed by atoms with van der Waals surface area (Å²) >= 11 is 0. The zero-order valence-electron chi connectivity index (χ0n) is 11.3. The normalized spacial score (nSPS) is 33.9. The quantitative estimate of drug-likeness (QED) is 0.538. The van der Waals surface area contributed by atoms with Gasteiger partial charge < -0.3 is 25.2 Å². The van der Waals surface area contributed by atoms with Crippen molar-refractivity contribution in [3.05, 3.63) is 29.8 Å². The predicted octanol–water partition coefficient (Wildman–Crippen LogP) is -1.43. The summed E-state index contributed by atoms with van der Waals surface area (Å²) in [7, 11) is -4.08. The Labute approximate surface area is 122 Å². The minimum atomic E-state index is -4.08. The van der Waals surface area contributed by atoms with Gasteiger partial charge in [-0.25, -0.2) is 8.42 Å². The van der Waals surface area contributed by atoms with Crippen molar-refractivity contribution in [1.29, 1.82) is 0 Å². The maximum Gasteiger partial charge on any atom is 0.207 e. The lowest BCUT2D eigenvalue weighted by atomic mass is 10.0. The Morgan fingerprint density at radius 3 is 2.14 bits per heavy atom. The van der Waals surface area contributed by atoms with Gasteiger partial charge in [-0.2, -0.15) is 0 Å². The van der Waals surface area contributed by atoms with Gasteiger partial charge in [-0.3, -0.25) is 0 Å². The van der Waals surface area contributed by atoms with Crippen LogP contribution in [0.3, 0.4) is 0 Å². The first kappa shape index (κ1) is 16.3. The molecule has 1 fully saturated rings. The zero-order chi connectivity index (χ0) is 15.8. The van der Waals surface area contributed by atoms with E-state index < -0.39 is 46.3 Å². The van der Waals surface area contributed by atoms with Crippen molar-refractivity contribution in [2.75, 3.05) is 6.61 Å². The summed E-state index contributed by atoms with van der Waals surface area (Å²) in [4.78, 5) is -0.0718. The van der Waals surface area contributed by atoms with Gasteiger partial charge in [-0.05, 0) is 19.1 Å². The van der Waals surface area contributed by atoms with Gasteiger partial charge in [0.1, 0.15) is 24.4 Å². The lowest BCUT2D eigenvalue weighted by Crippen LogP contribution is -2.60. The fourth-order valence-electron chi connectivity index (χ4n) is 2.19. The molecule has 1 aromatic rings. The minimum absolute atomic E-state index is 0.0718. The molecule has 0 amide bonds. The van der Waals surface area contributed by atoms with Crippen LogP contribution in [-0.2, 0) is 14.6 Å². The number of sulfone groups is 1. The Morgan fingerprint density at radius 1 is 1.05 bits per heavy atom. The summed E-state index contributed by atoms with van der Waals surface area (Å²) in [6.07, 6.45) is -6.38. The Hall–Kier alpha value is -1.03. The molecule has 1 aliphatic rings. The fourth-order valence-corrected chi connectivity index (χ4v) is 3.79. The molecule has 0 spiro atoms. The van der Waals surface area contributed by atoms with Crippen LogP contribution in [0.1, 0.15) is 5.56 Å². The average Bonchev–Trinajstić information content (AvgIpc) is 2.45. The molecule has 1 heterocycles. The summed E-state index contributed by atoms with van der Waals surface area (Å²) < 4.78 is 30.0. The van der Waals surface area contributed by atoms with Crippen molar-refractivity contribution < 1.29 is 33.6 Å². The van der Waals surface area contributed by atoms with Crippen molar-refractivity contribution in [2.45, 2.75) is 41.7 Å². The van der Waals surface area contributed by atoms with E-state index in [9.17, 15) is 23.7 Å². The second-order valence-electron chi connectivity index (χ2n) is 5.06. The Kier molecular flexibility index (Phi) is 4.66. The van der Waals surface area contributed by atoms with Gasteiger partial charge in [0.05, 0.1) is 11.5 Å². The molecule has 0 aromatic heterocycles. The number of aliphatic hydroxyl groups excluding tert-OH is 4. The third kappa shape index (κ3) is 2.96. The van der Waals surface area contributed by atoms with E-state index in [1.165, 1.54) is 12.1 Å². The Bertz CT molecular complexity index is 581. The molecule has 21 heavy (non-hydrogen) atoms. The lowest BCUT2D eigenvalue weighted by molar-refractivity contribution is -0.207. The number of aryl methyl sites for hydroxylation is 1. The van der Waals surface area contributed by atoms with Crippen LogP contribution in [0, 0.1) is 6.92 Å². The monoisotopic (exact) mass is 318 g/mol. The highest BCUT2D eigenvalue weighted by molar-refractivity contribution is 7.92. The van der Waals surface area contributed by atoms with Crippen molar-refractivity contribution in [3.63, 3.8) is 0 Å². The SMILES string of the molecule is Cc1ccc(S(=O)(=O)[C@@H]2O[C@@H](CO)[C@@H](O)[C@@H](O)[C@H]2O)cc1. The van der Waals surface area contributed by atoms with Crippen molar-refractivity contribution >= 4 is 9.84 Å². The van der Waals surface area contributed by atoms with Crippen LogP contribution in [0.5, 0.6) is 0 Å². The van der Waals surface area contributed by atoms with Crippen molar-refractivity contribution in [3.8, 4) is 0 Å². The maximum absolute atomic E-state index is 12.5. The Morgan fingerprint density at radius 2 is 1.62 bits per heavy atom. The minimum Gasteiger partial charge on any atom is -0.394 e. The molecular weight excluding hydrogens is 300 g/mol. The highest BCUT2D eigenvalue weighted by atomic mass is 32.2. The molecule has 7 nitrogen and oxygen atoms in total. The molecule has 8 heteroatoms. The molecule has 4 N–H and O–H groups in total. The van der Waals surface area contributed by atoms with E-state index in [1.807, 2.05) is 0 Å². The van der Waals surface area contributed by atoms with Gasteiger partial charge in [0.25, 0.3) is 0 Å². The van der Waals surface area contributed by atoms with Crippen molar-refractivity contribution in [1.82, 2.24) is 0 Å². The lowest BCUT2D eigenvalue weighted by Gasteiger charge is -2.39. The van der Waals surface area contributed by atoms with E-state index in [1.54, 1.807) is 19.1 Å². The van der Waals surface area contributed by atoms with Gasteiger partial charge >= 0.3 is 0 Å². The smallest absolute Gasteiger partial charge is 0.207 e. The standard InChI is InChI=1S/C13H18O7S/c1-7-2-4-8(5-3-7)21(18,19)13-12(17)11(16)10(15)9(6-14)20-13/h2-5,9-17H,6H2,1H3/t9-,10+,11+,12+,13-/m0/s1. The summed E-state index contributed by atoms with van der Waals surface area (Å²) in [6, 6.07) is 5.92. The molecule has 5 atom stereocenters. The molecular formula is C13H18O7S. The number of aliphatic hydroxyl groups is 4. The molecule has 118 valence electrons. The molecule has 1 aliphatic heterocycles. The summed E-state index contributed by atoms with van der Waals surface area (Å²) in [5, 5.41) is 38.3. The van der Waals surface area contributed by atoms with E-state index in [0.717, 1.165) is 5.56 Å². The first-order chi connectivity index (χ1) is 9.78. The van der Waals surface area contributed by atoms with E-state index in [2.05, 4.69) is 0 Å². The number of ether oxygens (including phenoxy) is 1. The maximum atomic E-state index is 12.5. The molecule has 0 radical (unpaired) electrons. The fraction of sp³-hybridized carbons (Fsp3) is 0.538. The number of rotatable bonds is 3. The van der Waals surface area contributed by atoms with Crippen LogP contribution in [0.25, 0.3) is 0 Å². The van der Waals surface area contributed by atoms with Crippen molar-refractivity contribution in [2.24, 2.45) is 0 Å². The van der Waals surface area contributed by atoms with E-state index in [0.29, 0.717) is 0 Å². The van der Waals surface area contributed by atoms with Crippen LogP contribution in [0.4, 0.5) is 0 Å². The average molecular weight is 318 g/mol. The molecule has 1 aromatic carbocycles. The topological polar surface area (TPSA) is 124 Å². The van der Waals surface area contributed by atoms with Gasteiger partial charge in [0.15, 0.2) is 5.44 Å². The van der Waals surface area contributed by atoms with Crippen LogP contribution in [-0.4, -0.2) is 65.3 Å². The predicted molar refractivity (Wildman–Crippen MR) is 72.1 cm³/mol. The second-order valence-corrected chi connectivity index (χ2v) is 7.08. The highest BCUT2D eigenvalue weighted by Gasteiger charge is 2.49. The number of hydrogen-bond acceptors (Lipinski definition) is 7. The second kappa shape index (κ2) is 5.99. The molecule has 2 rings (SSSR count). The third-order valence-corrected chi connectivity index (χ3v) is 5.43. The zero-order valence-corrected chi connectivity index (χ0v) is 12.1. The summed E-state index contributed by atoms with van der Waals surface area (Å²) in [6.45, 7) is 1.12. The largest absolute Gasteiger partial charge is 0.394 e. The van der Waals surface area contributed by atoms with Crippen LogP contribution in [0.2, 0.25) is 0 Å². The van der Waals surface area contributed by atoms with Crippen LogP contribution in [0.15, 0.2) is 29.2 Å². The molecule has 0 unspecified atom stereocenters. The first-order valence-corrected chi connectivity index (χ1v) is 7.94.